The first-order valence-electron chi connectivity index (χ1n) is 9.34. The molecule has 144 valence electrons. The van der Waals surface area contributed by atoms with Crippen LogP contribution in [0.4, 0.5) is 5.82 Å². The van der Waals surface area contributed by atoms with Gasteiger partial charge in [-0.25, -0.2) is 14.8 Å². The summed E-state index contributed by atoms with van der Waals surface area (Å²) in [4.78, 5) is 40.4. The molecule has 2 aromatic rings. The second-order valence-electron chi connectivity index (χ2n) is 7.82. The van der Waals surface area contributed by atoms with Crippen molar-refractivity contribution >= 4 is 17.5 Å². The van der Waals surface area contributed by atoms with Crippen molar-refractivity contribution in [3.8, 4) is 0 Å². The Morgan fingerprint density at radius 1 is 1.14 bits per heavy atom. The number of Topliss-reactive ketones (excluding diaryl/α,β-unsaturated/α-hetero) is 1. The zero-order chi connectivity index (χ0) is 20.8. The van der Waals surface area contributed by atoms with Crippen LogP contribution in [-0.4, -0.2) is 28.2 Å². The van der Waals surface area contributed by atoms with Crippen LogP contribution in [0.5, 0.6) is 0 Å². The van der Waals surface area contributed by atoms with Crippen molar-refractivity contribution in [1.29, 1.82) is 0 Å². The molecule has 1 aliphatic carbocycles. The van der Waals surface area contributed by atoms with E-state index in [2.05, 4.69) is 14.8 Å². The van der Waals surface area contributed by atoms with E-state index in [0.29, 0.717) is 17.9 Å². The fraction of sp³-hybridized carbons (Fsp3) is 0.261. The first-order chi connectivity index (χ1) is 13.8. The van der Waals surface area contributed by atoms with Gasteiger partial charge in [-0.05, 0) is 18.1 Å². The Morgan fingerprint density at radius 3 is 2.52 bits per heavy atom. The van der Waals surface area contributed by atoms with Crippen molar-refractivity contribution in [2.45, 2.75) is 26.2 Å². The van der Waals surface area contributed by atoms with Crippen LogP contribution in [0, 0.1) is 18.9 Å². The van der Waals surface area contributed by atoms with Crippen LogP contribution in [0.1, 0.15) is 25.1 Å². The maximum absolute atomic E-state index is 14.0. The van der Waals surface area contributed by atoms with Crippen LogP contribution in [0.15, 0.2) is 66.1 Å². The Morgan fingerprint density at radius 2 is 1.86 bits per heavy atom. The number of anilines is 1. The number of amides is 1. The number of nitrogens with zero attached hydrogens (tertiary/aromatic N) is 4. The molecule has 2 heterocycles. The minimum atomic E-state index is -1.23. The summed E-state index contributed by atoms with van der Waals surface area (Å²) in [7, 11) is 0. The van der Waals surface area contributed by atoms with Crippen LogP contribution in [0.3, 0.4) is 0 Å². The van der Waals surface area contributed by atoms with E-state index in [4.69, 9.17) is 6.57 Å². The molecule has 1 aromatic carbocycles. The molecule has 1 atom stereocenters. The summed E-state index contributed by atoms with van der Waals surface area (Å²) in [6.45, 7) is 13.3. The molecular formula is C23H20N4O2. The van der Waals surface area contributed by atoms with Gasteiger partial charge < -0.3 is 4.79 Å². The van der Waals surface area contributed by atoms with E-state index in [1.165, 1.54) is 12.4 Å². The number of carbonyl (C=O) groups is 2. The Balaban J connectivity index is 2.02. The number of allylic oxidation sites excluding steroid dienone is 1. The Labute approximate surface area is 169 Å². The van der Waals surface area contributed by atoms with Crippen LogP contribution in [0.2, 0.25) is 0 Å². The summed E-state index contributed by atoms with van der Waals surface area (Å²) < 4.78 is 0. The molecule has 1 aromatic heterocycles. The van der Waals surface area contributed by atoms with Crippen molar-refractivity contribution < 1.29 is 9.59 Å². The Kier molecular flexibility index (Phi) is 4.20. The highest BCUT2D eigenvalue weighted by atomic mass is 16.2. The largest absolute Gasteiger partial charge is 0.307 e. The number of hydrogen-bond donors (Lipinski definition) is 0. The van der Waals surface area contributed by atoms with Gasteiger partial charge in [0.25, 0.3) is 0 Å². The summed E-state index contributed by atoms with van der Waals surface area (Å²) >= 11 is 0. The topological polar surface area (TPSA) is 67.5 Å². The van der Waals surface area contributed by atoms with E-state index in [9.17, 15) is 9.59 Å². The summed E-state index contributed by atoms with van der Waals surface area (Å²) in [5.41, 5.74) is -0.00856. The number of hydrogen-bond acceptors (Lipinski definition) is 4. The number of aromatic nitrogens is 2. The molecule has 0 unspecified atom stereocenters. The van der Waals surface area contributed by atoms with Crippen molar-refractivity contribution in [3.63, 3.8) is 0 Å². The number of benzene rings is 1. The molecule has 0 fully saturated rings. The highest BCUT2D eigenvalue weighted by Crippen LogP contribution is 2.52. The SMILES string of the molecule is [C-]#[N+]C1=C[C@]2(c3ccccc3)C(=O)N(c3cc(C)ncn3)CC=C2C(C)(C)C1=O. The zero-order valence-corrected chi connectivity index (χ0v) is 16.5. The van der Waals surface area contributed by atoms with Crippen LogP contribution in [0.25, 0.3) is 4.85 Å². The van der Waals surface area contributed by atoms with Gasteiger partial charge in [0, 0.05) is 23.7 Å². The van der Waals surface area contributed by atoms with Gasteiger partial charge in [-0.1, -0.05) is 56.3 Å². The molecule has 1 aliphatic heterocycles. The van der Waals surface area contributed by atoms with Crippen molar-refractivity contribution in [2.75, 3.05) is 11.4 Å². The molecule has 0 spiro atoms. The van der Waals surface area contributed by atoms with Crippen LogP contribution < -0.4 is 4.90 Å². The van der Waals surface area contributed by atoms with E-state index in [0.717, 1.165) is 11.3 Å². The van der Waals surface area contributed by atoms with Gasteiger partial charge in [0.05, 0.1) is 6.57 Å². The lowest BCUT2D eigenvalue weighted by atomic mass is 9.57. The van der Waals surface area contributed by atoms with Crippen LogP contribution >= 0.6 is 0 Å². The number of aryl methyl sites for hydroxylation is 1. The maximum atomic E-state index is 14.0. The quantitative estimate of drug-likeness (QED) is 0.588. The fourth-order valence-electron chi connectivity index (χ4n) is 4.29. The number of fused-ring (bicyclic) bond motifs is 1. The number of carbonyl (C=O) groups excluding carboxylic acids is 2. The zero-order valence-electron chi connectivity index (χ0n) is 16.5. The highest BCUT2D eigenvalue weighted by Gasteiger charge is 2.57. The van der Waals surface area contributed by atoms with Gasteiger partial charge in [-0.3, -0.25) is 9.69 Å². The monoisotopic (exact) mass is 384 g/mol. The number of rotatable bonds is 2. The van der Waals surface area contributed by atoms with Crippen molar-refractivity contribution in [1.82, 2.24) is 9.97 Å². The molecular weight excluding hydrogens is 364 g/mol. The molecule has 0 saturated carbocycles. The molecule has 0 radical (unpaired) electrons. The van der Waals surface area contributed by atoms with E-state index in [-0.39, 0.29) is 17.4 Å². The molecule has 0 bridgehead atoms. The lowest BCUT2D eigenvalue weighted by Gasteiger charge is -2.48. The molecule has 6 heteroatoms. The van der Waals surface area contributed by atoms with Crippen molar-refractivity contribution in [2.24, 2.45) is 5.41 Å². The standard InChI is InChI=1S/C23H20N4O2/c1-15-12-19(26-14-25-15)27-11-10-18-22(2,3)20(28)17(24-4)13-23(18,21(27)29)16-8-6-5-7-9-16/h5-10,12-14H,11H2,1-3H3/t23-/m1/s1. The Bertz CT molecular complexity index is 1130. The van der Waals surface area contributed by atoms with E-state index < -0.39 is 10.8 Å². The lowest BCUT2D eigenvalue weighted by Crippen LogP contribution is -2.57. The third kappa shape index (κ3) is 2.62. The predicted octanol–water partition coefficient (Wildman–Crippen LogP) is 3.41. The van der Waals surface area contributed by atoms with Crippen LogP contribution in [-0.2, 0) is 15.0 Å². The average Bonchev–Trinajstić information content (AvgIpc) is 2.72. The first-order valence-corrected chi connectivity index (χ1v) is 9.34. The molecule has 6 nitrogen and oxygen atoms in total. The van der Waals surface area contributed by atoms with E-state index >= 15 is 0 Å². The van der Waals surface area contributed by atoms with Gasteiger partial charge in [0.1, 0.15) is 17.6 Å². The van der Waals surface area contributed by atoms with Crippen molar-refractivity contribution in [3.05, 3.63) is 88.8 Å². The lowest BCUT2D eigenvalue weighted by molar-refractivity contribution is -0.125. The van der Waals surface area contributed by atoms with Gasteiger partial charge in [-0.2, -0.15) is 0 Å². The minimum absolute atomic E-state index is 0.00919. The maximum Gasteiger partial charge on any atom is 0.245 e. The fourth-order valence-corrected chi connectivity index (χ4v) is 4.29. The van der Waals surface area contributed by atoms with Gasteiger partial charge in [-0.15, -0.1) is 0 Å². The Hall–Kier alpha value is -3.59. The number of ketones is 1. The summed E-state index contributed by atoms with van der Waals surface area (Å²) in [6, 6.07) is 11.1. The molecule has 1 amide bonds. The van der Waals surface area contributed by atoms with E-state index in [1.807, 2.05) is 43.3 Å². The third-order valence-electron chi connectivity index (χ3n) is 5.73. The first kappa shape index (κ1) is 18.8. The molecule has 2 aliphatic rings. The van der Waals surface area contributed by atoms with Gasteiger partial charge in [0.2, 0.25) is 11.6 Å². The van der Waals surface area contributed by atoms with E-state index in [1.54, 1.807) is 24.8 Å². The predicted molar refractivity (Wildman–Crippen MR) is 109 cm³/mol. The normalized spacial score (nSPS) is 23.0. The molecule has 29 heavy (non-hydrogen) atoms. The highest BCUT2D eigenvalue weighted by molar-refractivity contribution is 6.14. The summed E-state index contributed by atoms with van der Waals surface area (Å²) in [5.74, 6) is 0.0195. The third-order valence-corrected chi connectivity index (χ3v) is 5.73. The minimum Gasteiger partial charge on any atom is -0.307 e. The second-order valence-corrected chi connectivity index (χ2v) is 7.82. The molecule has 4 rings (SSSR count). The summed E-state index contributed by atoms with van der Waals surface area (Å²) in [6.07, 6.45) is 4.90. The average molecular weight is 384 g/mol. The second kappa shape index (κ2) is 6.49. The smallest absolute Gasteiger partial charge is 0.245 e. The van der Waals surface area contributed by atoms with Gasteiger partial charge >= 0.3 is 0 Å². The van der Waals surface area contributed by atoms with Gasteiger partial charge in [0.15, 0.2) is 5.78 Å². The molecule has 0 N–H and O–H groups in total. The molecule has 0 saturated heterocycles. The summed E-state index contributed by atoms with van der Waals surface area (Å²) in [5, 5.41) is 0.